The van der Waals surface area contributed by atoms with Gasteiger partial charge < -0.3 is 41.9 Å². The molecule has 1 aliphatic rings. The molecular formula is C36H49N5O10S. The Morgan fingerprint density at radius 1 is 0.731 bits per heavy atom. The van der Waals surface area contributed by atoms with Gasteiger partial charge in [-0.3, -0.25) is 19.2 Å². The molecule has 3 atom stereocenters. The predicted octanol–water partition coefficient (Wildman–Crippen LogP) is 2.47. The van der Waals surface area contributed by atoms with Gasteiger partial charge in [0.1, 0.15) is 18.1 Å². The first-order valence-electron chi connectivity index (χ1n) is 17.5. The second-order valence-corrected chi connectivity index (χ2v) is 13.5. The Labute approximate surface area is 307 Å². The largest absolute Gasteiger partial charge is 0.481 e. The van der Waals surface area contributed by atoms with Crippen LogP contribution in [0.2, 0.25) is 0 Å². The zero-order valence-corrected chi connectivity index (χ0v) is 29.9. The predicted molar refractivity (Wildman–Crippen MR) is 195 cm³/mol. The lowest BCUT2D eigenvalue weighted by Gasteiger charge is -2.29. The number of carboxylic acid groups (broad SMARTS) is 3. The van der Waals surface area contributed by atoms with E-state index in [0.29, 0.717) is 38.0 Å². The number of fused-ring (bicyclic) bond motifs is 1. The molecule has 0 radical (unpaired) electrons. The molecule has 5 amide bonds. The van der Waals surface area contributed by atoms with Gasteiger partial charge in [-0.2, -0.15) is 12.6 Å². The summed E-state index contributed by atoms with van der Waals surface area (Å²) in [5, 5.41) is 42.7. The number of aliphatic carboxylic acids is 3. The zero-order chi connectivity index (χ0) is 38.0. The fraction of sp³-hybridized carbons (Fsp3) is 0.528. The highest BCUT2D eigenvalue weighted by Crippen LogP contribution is 2.29. The van der Waals surface area contributed by atoms with E-state index in [9.17, 15) is 43.8 Å². The number of benzene rings is 2. The summed E-state index contributed by atoms with van der Waals surface area (Å²) in [5.74, 6) is -4.19. The van der Waals surface area contributed by atoms with Gasteiger partial charge >= 0.3 is 23.9 Å². The normalized spacial score (nSPS) is 17.2. The van der Waals surface area contributed by atoms with Gasteiger partial charge in [-0.15, -0.1) is 0 Å². The number of thiol groups is 1. The zero-order valence-electron chi connectivity index (χ0n) is 29.0. The number of urea groups is 1. The Bertz CT molecular complexity index is 1560. The van der Waals surface area contributed by atoms with Crippen molar-refractivity contribution in [2.24, 2.45) is 11.8 Å². The van der Waals surface area contributed by atoms with Gasteiger partial charge in [-0.05, 0) is 79.4 Å². The third-order valence-electron chi connectivity index (χ3n) is 9.10. The van der Waals surface area contributed by atoms with E-state index >= 15 is 0 Å². The van der Waals surface area contributed by atoms with Gasteiger partial charge in [-0.25, -0.2) is 14.4 Å². The van der Waals surface area contributed by atoms with Crippen LogP contribution < -0.4 is 26.6 Å². The van der Waals surface area contributed by atoms with Crippen molar-refractivity contribution in [1.82, 2.24) is 26.6 Å². The fourth-order valence-electron chi connectivity index (χ4n) is 6.13. The van der Waals surface area contributed by atoms with E-state index in [2.05, 4.69) is 39.2 Å². The van der Waals surface area contributed by atoms with Gasteiger partial charge in [0.05, 0.1) is 0 Å². The standard InChI is InChI=1S/C36H49N5O10S/c42-30(16-18-52)38-21-22-8-12-25(13-9-22)32(45)39-29(20-23-10-11-24-5-1-2-6-26(24)19-23)33(46)37-17-4-3-7-27(34(47)48)40-36(51)41-28(35(49)50)14-15-31(43)44/h1-2,5-6,10-11,19,22,25,27-29,52H,3-4,7-9,12-18,20-21H2,(H,37,46)(H,38,42)(H,39,45)(H,43,44)(H,47,48)(H,49,50)(H2,40,41,51)/t22?,25?,27?,28-,29?/m0/s1. The molecule has 2 aromatic rings. The SMILES string of the molecule is O=C(O)CC[C@H](NC(=O)NC(CCCCNC(=O)C(Cc1ccc2ccccc2c1)NC(=O)C1CCC(CNC(=O)CCS)CC1)C(=O)O)C(=O)O. The molecule has 52 heavy (non-hydrogen) atoms. The second-order valence-electron chi connectivity index (χ2n) is 13.1. The molecule has 0 saturated heterocycles. The number of amides is 5. The van der Waals surface area contributed by atoms with Crippen LogP contribution in [-0.2, 0) is 35.2 Å². The van der Waals surface area contributed by atoms with Crippen LogP contribution in [0.15, 0.2) is 42.5 Å². The summed E-state index contributed by atoms with van der Waals surface area (Å²) in [7, 11) is 0. The minimum absolute atomic E-state index is 0.0235. The molecule has 284 valence electrons. The third-order valence-corrected chi connectivity index (χ3v) is 9.33. The third kappa shape index (κ3) is 14.4. The number of hydrogen-bond acceptors (Lipinski definition) is 8. The summed E-state index contributed by atoms with van der Waals surface area (Å²) >= 11 is 4.08. The van der Waals surface area contributed by atoms with Crippen LogP contribution in [0.5, 0.6) is 0 Å². The van der Waals surface area contributed by atoms with Crippen molar-refractivity contribution in [3.05, 3.63) is 48.0 Å². The van der Waals surface area contributed by atoms with Gasteiger partial charge in [0, 0.05) is 38.3 Å². The average Bonchev–Trinajstić information content (AvgIpc) is 3.11. The highest BCUT2D eigenvalue weighted by atomic mass is 32.1. The quantitative estimate of drug-likeness (QED) is 0.0669. The van der Waals surface area contributed by atoms with Crippen molar-refractivity contribution < 1.29 is 48.9 Å². The lowest BCUT2D eigenvalue weighted by Crippen LogP contribution is -2.51. The number of nitrogens with one attached hydrogen (secondary N) is 5. The van der Waals surface area contributed by atoms with E-state index in [1.807, 2.05) is 42.5 Å². The molecule has 2 unspecified atom stereocenters. The highest BCUT2D eigenvalue weighted by Gasteiger charge is 2.30. The molecule has 1 saturated carbocycles. The number of carbonyl (C=O) groups excluding carboxylic acids is 4. The van der Waals surface area contributed by atoms with E-state index in [0.717, 1.165) is 29.2 Å². The topological polar surface area (TPSA) is 240 Å². The summed E-state index contributed by atoms with van der Waals surface area (Å²) < 4.78 is 0. The van der Waals surface area contributed by atoms with Crippen LogP contribution in [-0.4, -0.2) is 93.9 Å². The van der Waals surface area contributed by atoms with Crippen molar-refractivity contribution in [2.75, 3.05) is 18.8 Å². The smallest absolute Gasteiger partial charge is 0.326 e. The first kappa shape index (κ1) is 41.6. The van der Waals surface area contributed by atoms with Crippen LogP contribution in [0.25, 0.3) is 10.8 Å². The average molecular weight is 744 g/mol. The minimum atomic E-state index is -1.51. The molecule has 0 bridgehead atoms. The summed E-state index contributed by atoms with van der Waals surface area (Å²) in [6, 6.07) is 8.88. The van der Waals surface area contributed by atoms with Crippen LogP contribution in [0, 0.1) is 11.8 Å². The Kier molecular flexibility index (Phi) is 17.2. The van der Waals surface area contributed by atoms with Crippen molar-refractivity contribution in [1.29, 1.82) is 0 Å². The summed E-state index contributed by atoms with van der Waals surface area (Å²) in [5.41, 5.74) is 0.863. The molecule has 16 heteroatoms. The molecule has 0 heterocycles. The maximum atomic E-state index is 13.5. The molecule has 2 aromatic carbocycles. The molecular weight excluding hydrogens is 694 g/mol. The van der Waals surface area contributed by atoms with Crippen molar-refractivity contribution in [3.63, 3.8) is 0 Å². The van der Waals surface area contributed by atoms with Crippen LogP contribution >= 0.6 is 12.6 Å². The maximum absolute atomic E-state index is 13.5. The summed E-state index contributed by atoms with van der Waals surface area (Å²) in [6.07, 6.45) is 3.16. The highest BCUT2D eigenvalue weighted by molar-refractivity contribution is 7.80. The lowest BCUT2D eigenvalue weighted by atomic mass is 9.81. The van der Waals surface area contributed by atoms with Crippen molar-refractivity contribution >= 4 is 65.1 Å². The Morgan fingerprint density at radius 3 is 2.02 bits per heavy atom. The first-order chi connectivity index (χ1) is 24.9. The first-order valence-corrected chi connectivity index (χ1v) is 18.2. The second kappa shape index (κ2) is 21.5. The Morgan fingerprint density at radius 2 is 1.38 bits per heavy atom. The van der Waals surface area contributed by atoms with Crippen LogP contribution in [0.4, 0.5) is 4.79 Å². The fourth-order valence-corrected chi connectivity index (χ4v) is 6.33. The van der Waals surface area contributed by atoms with E-state index in [-0.39, 0.29) is 55.9 Å². The van der Waals surface area contributed by atoms with E-state index < -0.39 is 54.4 Å². The summed E-state index contributed by atoms with van der Waals surface area (Å²) in [4.78, 5) is 84.9. The maximum Gasteiger partial charge on any atom is 0.326 e. The molecule has 0 aliphatic heterocycles. The van der Waals surface area contributed by atoms with E-state index in [4.69, 9.17) is 5.11 Å². The molecule has 15 nitrogen and oxygen atoms in total. The van der Waals surface area contributed by atoms with Crippen LogP contribution in [0.1, 0.15) is 69.8 Å². The minimum Gasteiger partial charge on any atom is -0.481 e. The number of hydrogen-bond donors (Lipinski definition) is 9. The van der Waals surface area contributed by atoms with Crippen molar-refractivity contribution in [3.8, 4) is 0 Å². The Balaban J connectivity index is 1.54. The summed E-state index contributed by atoms with van der Waals surface area (Å²) in [6.45, 7) is 0.728. The van der Waals surface area contributed by atoms with Crippen molar-refractivity contribution in [2.45, 2.75) is 88.8 Å². The Hall–Kier alpha value is -4.86. The molecule has 0 aromatic heterocycles. The van der Waals surface area contributed by atoms with E-state index in [1.165, 1.54) is 0 Å². The number of rotatable bonds is 21. The molecule has 0 spiro atoms. The number of carbonyl (C=O) groups is 7. The van der Waals surface area contributed by atoms with Gasteiger partial charge in [-0.1, -0.05) is 42.5 Å². The van der Waals surface area contributed by atoms with Gasteiger partial charge in [0.2, 0.25) is 17.7 Å². The van der Waals surface area contributed by atoms with E-state index in [1.54, 1.807) is 0 Å². The number of carboxylic acids is 3. The molecule has 8 N–H and O–H groups in total. The lowest BCUT2D eigenvalue weighted by molar-refractivity contribution is -0.141. The molecule has 3 rings (SSSR count). The molecule has 1 fully saturated rings. The number of unbranched alkanes of at least 4 members (excludes halogenated alkanes) is 1. The monoisotopic (exact) mass is 743 g/mol. The van der Waals surface area contributed by atoms with Gasteiger partial charge in [0.25, 0.3) is 0 Å². The van der Waals surface area contributed by atoms with Crippen LogP contribution in [0.3, 0.4) is 0 Å². The van der Waals surface area contributed by atoms with Gasteiger partial charge in [0.15, 0.2) is 0 Å². The molecule has 1 aliphatic carbocycles.